The molecule has 2 rings (SSSR count). The van der Waals surface area contributed by atoms with E-state index in [0.29, 0.717) is 18.7 Å². The number of carbonyl (C=O) groups excluding carboxylic acids is 1. The molecule has 0 aliphatic rings. The average molecular weight is 345 g/mol. The second-order valence-electron chi connectivity index (χ2n) is 6.61. The summed E-state index contributed by atoms with van der Waals surface area (Å²) in [5.41, 5.74) is 1.09. The number of aliphatic hydroxyl groups excluding tert-OH is 1. The van der Waals surface area contributed by atoms with Crippen molar-refractivity contribution >= 4 is 11.7 Å². The highest BCUT2D eigenvalue weighted by Crippen LogP contribution is 2.15. The van der Waals surface area contributed by atoms with Gasteiger partial charge in [0, 0.05) is 5.69 Å². The van der Waals surface area contributed by atoms with Crippen molar-refractivity contribution in [3.05, 3.63) is 41.5 Å². The largest absolute Gasteiger partial charge is 0.394 e. The van der Waals surface area contributed by atoms with Crippen LogP contribution in [-0.2, 0) is 6.54 Å². The van der Waals surface area contributed by atoms with Crippen LogP contribution in [0.15, 0.2) is 24.3 Å². The van der Waals surface area contributed by atoms with E-state index in [2.05, 4.69) is 20.7 Å². The third-order valence-corrected chi connectivity index (χ3v) is 4.05. The maximum atomic E-state index is 12.2. The minimum Gasteiger partial charge on any atom is -0.394 e. The van der Waals surface area contributed by atoms with Gasteiger partial charge in [0.15, 0.2) is 0 Å². The van der Waals surface area contributed by atoms with Gasteiger partial charge in [0.1, 0.15) is 11.6 Å². The van der Waals surface area contributed by atoms with E-state index in [-0.39, 0.29) is 12.6 Å². The van der Waals surface area contributed by atoms with E-state index in [0.717, 1.165) is 23.6 Å². The molecule has 0 aliphatic heterocycles. The van der Waals surface area contributed by atoms with Crippen LogP contribution in [0.3, 0.4) is 0 Å². The molecule has 0 aliphatic carbocycles. The molecule has 0 spiro atoms. The van der Waals surface area contributed by atoms with Crippen molar-refractivity contribution in [2.24, 2.45) is 0 Å². The number of carbonyl (C=O) groups is 1. The number of benzene rings is 1. The molecule has 3 N–H and O–H groups in total. The number of hydrogen-bond acceptors (Lipinski definition) is 4. The highest BCUT2D eigenvalue weighted by atomic mass is 16.3. The van der Waals surface area contributed by atoms with E-state index >= 15 is 0 Å². The molecule has 1 unspecified atom stereocenters. The van der Waals surface area contributed by atoms with Gasteiger partial charge in [-0.2, -0.15) is 5.10 Å². The van der Waals surface area contributed by atoms with Crippen LogP contribution in [0.1, 0.15) is 43.9 Å². The van der Waals surface area contributed by atoms with Crippen molar-refractivity contribution in [1.82, 2.24) is 20.1 Å². The average Bonchev–Trinajstić information content (AvgIpc) is 2.85. The SMILES string of the molecule is CCCC(C)(CO)NC(=O)Nc1cccc(Cn2nc(C)nc2C)c1. The van der Waals surface area contributed by atoms with Crippen molar-refractivity contribution < 1.29 is 9.90 Å². The Labute approximate surface area is 148 Å². The van der Waals surface area contributed by atoms with E-state index in [1.54, 1.807) is 0 Å². The van der Waals surface area contributed by atoms with E-state index in [1.807, 2.05) is 56.6 Å². The predicted molar refractivity (Wildman–Crippen MR) is 97.6 cm³/mol. The molecule has 0 radical (unpaired) electrons. The lowest BCUT2D eigenvalue weighted by molar-refractivity contribution is 0.167. The Morgan fingerprint density at radius 1 is 1.36 bits per heavy atom. The fraction of sp³-hybridized carbons (Fsp3) is 0.500. The first kappa shape index (κ1) is 18.9. The zero-order valence-electron chi connectivity index (χ0n) is 15.3. The molecule has 7 heteroatoms. The third-order valence-electron chi connectivity index (χ3n) is 4.05. The van der Waals surface area contributed by atoms with Gasteiger partial charge < -0.3 is 15.7 Å². The number of anilines is 1. The number of hydrogen-bond donors (Lipinski definition) is 3. The Morgan fingerprint density at radius 3 is 2.72 bits per heavy atom. The molecule has 25 heavy (non-hydrogen) atoms. The molecular formula is C18H27N5O2. The highest BCUT2D eigenvalue weighted by molar-refractivity contribution is 5.89. The highest BCUT2D eigenvalue weighted by Gasteiger charge is 2.24. The summed E-state index contributed by atoms with van der Waals surface area (Å²) in [6.45, 7) is 8.12. The standard InChI is InChI=1S/C18H27N5O2/c1-5-9-18(4,12-24)21-17(25)20-16-8-6-7-15(10-16)11-23-14(3)19-13(2)22-23/h6-8,10,24H,5,9,11-12H2,1-4H3,(H2,20,21,25). The predicted octanol–water partition coefficient (Wildman–Crippen LogP) is 2.62. The smallest absolute Gasteiger partial charge is 0.319 e. The van der Waals surface area contributed by atoms with Gasteiger partial charge >= 0.3 is 6.03 Å². The maximum Gasteiger partial charge on any atom is 0.319 e. The first-order valence-corrected chi connectivity index (χ1v) is 8.52. The quantitative estimate of drug-likeness (QED) is 0.719. The van der Waals surface area contributed by atoms with E-state index in [1.165, 1.54) is 0 Å². The summed E-state index contributed by atoms with van der Waals surface area (Å²) < 4.78 is 1.83. The van der Waals surface area contributed by atoms with Crippen molar-refractivity contribution in [2.45, 2.75) is 52.6 Å². The minimum absolute atomic E-state index is 0.0980. The Hall–Kier alpha value is -2.41. The van der Waals surface area contributed by atoms with Crippen LogP contribution >= 0.6 is 0 Å². The Balaban J connectivity index is 2.03. The molecule has 7 nitrogen and oxygen atoms in total. The fourth-order valence-corrected chi connectivity index (χ4v) is 2.80. The number of nitrogens with one attached hydrogen (secondary N) is 2. The first-order valence-electron chi connectivity index (χ1n) is 8.52. The molecule has 136 valence electrons. The topological polar surface area (TPSA) is 92.1 Å². The van der Waals surface area contributed by atoms with Gasteiger partial charge in [-0.15, -0.1) is 0 Å². The van der Waals surface area contributed by atoms with Crippen molar-refractivity contribution in [2.75, 3.05) is 11.9 Å². The van der Waals surface area contributed by atoms with Crippen LogP contribution in [0.25, 0.3) is 0 Å². The molecule has 1 aromatic carbocycles. The van der Waals surface area contributed by atoms with Crippen LogP contribution in [0, 0.1) is 13.8 Å². The van der Waals surface area contributed by atoms with Gasteiger partial charge in [-0.25, -0.2) is 14.5 Å². The summed E-state index contributed by atoms with van der Waals surface area (Å²) in [4.78, 5) is 16.5. The summed E-state index contributed by atoms with van der Waals surface area (Å²) in [6.07, 6.45) is 1.59. The van der Waals surface area contributed by atoms with Gasteiger partial charge in [-0.1, -0.05) is 25.5 Å². The van der Waals surface area contributed by atoms with Gasteiger partial charge in [0.05, 0.1) is 18.7 Å². The van der Waals surface area contributed by atoms with Crippen LogP contribution in [0.2, 0.25) is 0 Å². The number of aromatic nitrogens is 3. The minimum atomic E-state index is -0.619. The number of nitrogens with zero attached hydrogens (tertiary/aromatic N) is 3. The van der Waals surface area contributed by atoms with Gasteiger partial charge in [0.2, 0.25) is 0 Å². The summed E-state index contributed by atoms with van der Waals surface area (Å²) in [5, 5.41) is 19.5. The van der Waals surface area contributed by atoms with E-state index in [9.17, 15) is 9.90 Å². The van der Waals surface area contributed by atoms with Crippen LogP contribution < -0.4 is 10.6 Å². The maximum absolute atomic E-state index is 12.2. The second-order valence-corrected chi connectivity index (χ2v) is 6.61. The first-order chi connectivity index (χ1) is 11.8. The molecule has 1 atom stereocenters. The molecule has 2 amide bonds. The van der Waals surface area contributed by atoms with Crippen LogP contribution in [-0.4, -0.2) is 38.0 Å². The van der Waals surface area contributed by atoms with Gasteiger partial charge in [-0.05, 0) is 44.9 Å². The third kappa shape index (κ3) is 5.29. The number of rotatable bonds is 7. The normalized spacial score (nSPS) is 13.3. The number of urea groups is 1. The van der Waals surface area contributed by atoms with Crippen LogP contribution in [0.4, 0.5) is 10.5 Å². The van der Waals surface area contributed by atoms with Gasteiger partial charge in [-0.3, -0.25) is 0 Å². The van der Waals surface area contributed by atoms with Crippen LogP contribution in [0.5, 0.6) is 0 Å². The Bertz CT molecular complexity index is 728. The lowest BCUT2D eigenvalue weighted by Crippen LogP contribution is -2.50. The molecule has 0 saturated heterocycles. The zero-order chi connectivity index (χ0) is 18.4. The van der Waals surface area contributed by atoms with Crippen molar-refractivity contribution in [3.8, 4) is 0 Å². The molecule has 0 bridgehead atoms. The summed E-state index contributed by atoms with van der Waals surface area (Å²) in [7, 11) is 0. The van der Waals surface area contributed by atoms with Crippen molar-refractivity contribution in [1.29, 1.82) is 0 Å². The van der Waals surface area contributed by atoms with E-state index in [4.69, 9.17) is 0 Å². The van der Waals surface area contributed by atoms with Gasteiger partial charge in [0.25, 0.3) is 0 Å². The number of aryl methyl sites for hydroxylation is 2. The van der Waals surface area contributed by atoms with Crippen molar-refractivity contribution in [3.63, 3.8) is 0 Å². The number of aliphatic hydroxyl groups is 1. The molecule has 0 saturated carbocycles. The summed E-state index contributed by atoms with van der Waals surface area (Å²) >= 11 is 0. The molecular weight excluding hydrogens is 318 g/mol. The monoisotopic (exact) mass is 345 g/mol. The molecule has 0 fully saturated rings. The summed E-state index contributed by atoms with van der Waals surface area (Å²) in [5.74, 6) is 1.59. The lowest BCUT2D eigenvalue weighted by Gasteiger charge is -2.28. The zero-order valence-corrected chi connectivity index (χ0v) is 15.3. The fourth-order valence-electron chi connectivity index (χ4n) is 2.80. The second kappa shape index (κ2) is 8.11. The molecule has 1 aromatic heterocycles. The molecule has 1 heterocycles. The Kier molecular flexibility index (Phi) is 6.14. The van der Waals surface area contributed by atoms with E-state index < -0.39 is 5.54 Å². The number of amides is 2. The molecule has 2 aromatic rings. The summed E-state index contributed by atoms with van der Waals surface area (Å²) in [6, 6.07) is 7.29. The Morgan fingerprint density at radius 2 is 2.12 bits per heavy atom. The lowest BCUT2D eigenvalue weighted by atomic mass is 9.98.